The van der Waals surface area contributed by atoms with Crippen molar-refractivity contribution in [2.45, 2.75) is 77.3 Å². The maximum absolute atomic E-state index is 12.5. The molecule has 0 aromatic rings. The molecule has 1 amide bonds. The van der Waals surface area contributed by atoms with Gasteiger partial charge in [0.2, 0.25) is 5.91 Å². The molecule has 0 aliphatic heterocycles. The molecule has 3 N–H and O–H groups in total. The Morgan fingerprint density at radius 1 is 1.00 bits per heavy atom. The summed E-state index contributed by atoms with van der Waals surface area (Å²) in [6.45, 7) is 4.43. The summed E-state index contributed by atoms with van der Waals surface area (Å²) in [5.74, 6) is 1.36. The van der Waals surface area contributed by atoms with Gasteiger partial charge in [-0.2, -0.15) is 0 Å². The van der Waals surface area contributed by atoms with Gasteiger partial charge in [0.05, 0.1) is 0 Å². The lowest BCUT2D eigenvalue weighted by Crippen LogP contribution is -2.48. The third kappa shape index (κ3) is 3.71. The summed E-state index contributed by atoms with van der Waals surface area (Å²) >= 11 is 0. The highest BCUT2D eigenvalue weighted by molar-refractivity contribution is 5.79. The smallest absolute Gasteiger partial charge is 0.223 e. The van der Waals surface area contributed by atoms with Crippen LogP contribution in [0.1, 0.15) is 65.2 Å². The van der Waals surface area contributed by atoms with Crippen molar-refractivity contribution >= 4 is 5.91 Å². The summed E-state index contributed by atoms with van der Waals surface area (Å²) in [5.41, 5.74) is 6.11. The highest BCUT2D eigenvalue weighted by Gasteiger charge is 2.34. The number of amides is 1. The molecule has 0 radical (unpaired) electrons. The average molecular weight is 266 g/mol. The van der Waals surface area contributed by atoms with Crippen molar-refractivity contribution < 1.29 is 4.79 Å². The Bertz CT molecular complexity index is 305. The van der Waals surface area contributed by atoms with Crippen LogP contribution in [0.15, 0.2) is 0 Å². The number of nitrogens with one attached hydrogen (secondary N) is 1. The van der Waals surface area contributed by atoms with Crippen LogP contribution in [0.4, 0.5) is 0 Å². The van der Waals surface area contributed by atoms with Crippen molar-refractivity contribution in [3.8, 4) is 0 Å². The zero-order valence-electron chi connectivity index (χ0n) is 12.5. The predicted octanol–water partition coefficient (Wildman–Crippen LogP) is 2.83. The maximum Gasteiger partial charge on any atom is 0.223 e. The van der Waals surface area contributed by atoms with Crippen LogP contribution in [-0.4, -0.2) is 18.0 Å². The van der Waals surface area contributed by atoms with Crippen LogP contribution in [0.25, 0.3) is 0 Å². The zero-order valence-corrected chi connectivity index (χ0v) is 12.5. The van der Waals surface area contributed by atoms with E-state index in [0.29, 0.717) is 17.9 Å². The van der Waals surface area contributed by atoms with E-state index in [4.69, 9.17) is 5.73 Å². The molecule has 0 bridgehead atoms. The van der Waals surface area contributed by atoms with E-state index in [1.165, 1.54) is 25.7 Å². The maximum atomic E-state index is 12.5. The monoisotopic (exact) mass is 266 g/mol. The molecule has 2 fully saturated rings. The summed E-state index contributed by atoms with van der Waals surface area (Å²) in [6, 6.07) is 0.594. The molecule has 5 atom stereocenters. The first kappa shape index (κ1) is 14.8. The summed E-state index contributed by atoms with van der Waals surface area (Å²) < 4.78 is 0. The molecule has 0 aromatic carbocycles. The molecule has 110 valence electrons. The largest absolute Gasteiger partial charge is 0.353 e. The Kier molecular flexibility index (Phi) is 5.26. The van der Waals surface area contributed by atoms with E-state index in [-0.39, 0.29) is 17.9 Å². The van der Waals surface area contributed by atoms with Gasteiger partial charge in [-0.3, -0.25) is 4.79 Å². The lowest BCUT2D eigenvalue weighted by atomic mass is 9.76. The van der Waals surface area contributed by atoms with Gasteiger partial charge in [0.15, 0.2) is 0 Å². The molecule has 2 saturated carbocycles. The van der Waals surface area contributed by atoms with Crippen molar-refractivity contribution in [3.05, 3.63) is 0 Å². The minimum Gasteiger partial charge on any atom is -0.353 e. The Balaban J connectivity index is 1.92. The SMILES string of the molecule is CC1CCCCCC1NC(=O)C1CCCC(N)C1C. The van der Waals surface area contributed by atoms with Gasteiger partial charge in [-0.1, -0.05) is 39.5 Å². The average Bonchev–Trinajstić information content (AvgIpc) is 2.58. The van der Waals surface area contributed by atoms with Crippen LogP contribution in [0, 0.1) is 17.8 Å². The highest BCUT2D eigenvalue weighted by atomic mass is 16.2. The minimum atomic E-state index is 0.138. The van der Waals surface area contributed by atoms with E-state index in [1.807, 2.05) is 0 Å². The van der Waals surface area contributed by atoms with E-state index >= 15 is 0 Å². The number of carbonyl (C=O) groups is 1. The van der Waals surface area contributed by atoms with Gasteiger partial charge in [0.1, 0.15) is 0 Å². The van der Waals surface area contributed by atoms with Gasteiger partial charge < -0.3 is 11.1 Å². The van der Waals surface area contributed by atoms with Crippen molar-refractivity contribution in [2.75, 3.05) is 0 Å². The molecular weight excluding hydrogens is 236 g/mol. The van der Waals surface area contributed by atoms with Gasteiger partial charge in [-0.25, -0.2) is 0 Å². The van der Waals surface area contributed by atoms with Gasteiger partial charge in [-0.05, 0) is 37.5 Å². The molecule has 0 heterocycles. The fraction of sp³-hybridized carbons (Fsp3) is 0.938. The van der Waals surface area contributed by atoms with Crippen LogP contribution >= 0.6 is 0 Å². The lowest BCUT2D eigenvalue weighted by molar-refractivity contribution is -0.129. The topological polar surface area (TPSA) is 55.1 Å². The second kappa shape index (κ2) is 6.74. The Morgan fingerprint density at radius 2 is 1.74 bits per heavy atom. The van der Waals surface area contributed by atoms with Crippen LogP contribution in [-0.2, 0) is 4.79 Å². The first-order valence-corrected chi connectivity index (χ1v) is 8.15. The van der Waals surface area contributed by atoms with Crippen molar-refractivity contribution in [1.82, 2.24) is 5.32 Å². The van der Waals surface area contributed by atoms with Crippen LogP contribution in [0.3, 0.4) is 0 Å². The third-order valence-electron chi connectivity index (χ3n) is 5.39. The predicted molar refractivity (Wildman–Crippen MR) is 78.7 cm³/mol. The van der Waals surface area contributed by atoms with Crippen molar-refractivity contribution in [1.29, 1.82) is 0 Å². The molecule has 0 saturated heterocycles. The first-order valence-electron chi connectivity index (χ1n) is 8.15. The Morgan fingerprint density at radius 3 is 2.53 bits per heavy atom. The van der Waals surface area contributed by atoms with Crippen molar-refractivity contribution in [3.63, 3.8) is 0 Å². The summed E-state index contributed by atoms with van der Waals surface area (Å²) in [6.07, 6.45) is 9.50. The molecule has 0 spiro atoms. The van der Waals surface area contributed by atoms with Gasteiger partial charge in [-0.15, -0.1) is 0 Å². The van der Waals surface area contributed by atoms with E-state index in [0.717, 1.165) is 25.7 Å². The Labute approximate surface area is 117 Å². The standard InChI is InChI=1S/C16H30N2O/c1-11-7-4-3-5-10-15(11)18-16(19)13-8-6-9-14(17)12(13)2/h11-15H,3-10,17H2,1-2H3,(H,18,19). The van der Waals surface area contributed by atoms with Crippen molar-refractivity contribution in [2.24, 2.45) is 23.5 Å². The first-order chi connectivity index (χ1) is 9.09. The number of hydrogen-bond donors (Lipinski definition) is 2. The number of nitrogens with two attached hydrogens (primary N) is 1. The van der Waals surface area contributed by atoms with E-state index in [1.54, 1.807) is 0 Å². The quantitative estimate of drug-likeness (QED) is 0.755. The fourth-order valence-electron chi connectivity index (χ4n) is 3.76. The van der Waals surface area contributed by atoms with Gasteiger partial charge in [0, 0.05) is 18.0 Å². The molecule has 2 rings (SSSR count). The normalized spacial score (nSPS) is 40.5. The number of hydrogen-bond acceptors (Lipinski definition) is 2. The molecular formula is C16H30N2O. The minimum absolute atomic E-state index is 0.138. The van der Waals surface area contributed by atoms with E-state index < -0.39 is 0 Å². The molecule has 3 heteroatoms. The van der Waals surface area contributed by atoms with Crippen LogP contribution in [0.2, 0.25) is 0 Å². The molecule has 19 heavy (non-hydrogen) atoms. The molecule has 3 nitrogen and oxygen atoms in total. The molecule has 2 aliphatic rings. The molecule has 5 unspecified atom stereocenters. The van der Waals surface area contributed by atoms with E-state index in [2.05, 4.69) is 19.2 Å². The molecule has 0 aromatic heterocycles. The second-order valence-corrected chi connectivity index (χ2v) is 6.79. The lowest BCUT2D eigenvalue weighted by Gasteiger charge is -2.34. The third-order valence-corrected chi connectivity index (χ3v) is 5.39. The summed E-state index contributed by atoms with van der Waals surface area (Å²) in [7, 11) is 0. The molecule has 2 aliphatic carbocycles. The summed E-state index contributed by atoms with van der Waals surface area (Å²) in [5, 5.41) is 3.33. The summed E-state index contributed by atoms with van der Waals surface area (Å²) in [4.78, 5) is 12.5. The van der Waals surface area contributed by atoms with Gasteiger partial charge in [0.25, 0.3) is 0 Å². The highest BCUT2D eigenvalue weighted by Crippen LogP contribution is 2.30. The number of rotatable bonds is 2. The van der Waals surface area contributed by atoms with Crippen LogP contribution in [0.5, 0.6) is 0 Å². The second-order valence-electron chi connectivity index (χ2n) is 6.79. The van der Waals surface area contributed by atoms with Crippen LogP contribution < -0.4 is 11.1 Å². The number of carbonyl (C=O) groups excluding carboxylic acids is 1. The van der Waals surface area contributed by atoms with E-state index in [9.17, 15) is 4.79 Å². The Hall–Kier alpha value is -0.570. The zero-order chi connectivity index (χ0) is 13.8. The van der Waals surface area contributed by atoms with Gasteiger partial charge >= 0.3 is 0 Å². The fourth-order valence-corrected chi connectivity index (χ4v) is 3.76.